The summed E-state index contributed by atoms with van der Waals surface area (Å²) in [5, 5.41) is 1.98. The third kappa shape index (κ3) is 3.91. The van der Waals surface area contributed by atoms with Crippen LogP contribution in [-0.2, 0) is 6.54 Å². The summed E-state index contributed by atoms with van der Waals surface area (Å²) in [5.41, 5.74) is 7.68. The summed E-state index contributed by atoms with van der Waals surface area (Å²) < 4.78 is 0. The van der Waals surface area contributed by atoms with Crippen molar-refractivity contribution in [3.8, 4) is 11.8 Å². The number of hydrogen-bond acceptors (Lipinski definition) is 4. The molecular formula is C16H17N3OS. The summed E-state index contributed by atoms with van der Waals surface area (Å²) in [6, 6.07) is 5.57. The summed E-state index contributed by atoms with van der Waals surface area (Å²) in [7, 11) is 1.79. The highest BCUT2D eigenvalue weighted by Gasteiger charge is 2.15. The van der Waals surface area contributed by atoms with Crippen LogP contribution in [-0.4, -0.2) is 29.4 Å². The van der Waals surface area contributed by atoms with E-state index in [1.807, 2.05) is 18.4 Å². The second-order valence-electron chi connectivity index (χ2n) is 4.61. The van der Waals surface area contributed by atoms with Gasteiger partial charge < -0.3 is 10.6 Å². The lowest BCUT2D eigenvalue weighted by Crippen LogP contribution is -2.26. The van der Waals surface area contributed by atoms with Gasteiger partial charge in [-0.25, -0.2) is 0 Å². The minimum Gasteiger partial charge on any atom is -0.337 e. The Kier molecular flexibility index (Phi) is 5.09. The van der Waals surface area contributed by atoms with E-state index in [0.717, 1.165) is 16.1 Å². The molecule has 0 saturated carbocycles. The predicted octanol–water partition coefficient (Wildman–Crippen LogP) is 2.03. The van der Waals surface area contributed by atoms with Gasteiger partial charge in [0, 0.05) is 34.8 Å². The number of pyridine rings is 1. The first-order chi connectivity index (χ1) is 10.1. The van der Waals surface area contributed by atoms with Crippen LogP contribution in [0.4, 0.5) is 0 Å². The Morgan fingerprint density at radius 2 is 2.33 bits per heavy atom. The fourth-order valence-electron chi connectivity index (χ4n) is 1.90. The van der Waals surface area contributed by atoms with Gasteiger partial charge in [-0.1, -0.05) is 11.8 Å². The SMILES string of the molecule is Cc1ncccc1C(=O)N(C)Cc1cc(C#CCN)cs1. The number of carbonyl (C=O) groups excluding carboxylic acids is 1. The Hall–Kier alpha value is -2.16. The van der Waals surface area contributed by atoms with E-state index in [0.29, 0.717) is 18.7 Å². The summed E-state index contributed by atoms with van der Waals surface area (Å²) in [6.45, 7) is 2.75. The van der Waals surface area contributed by atoms with Crippen molar-refractivity contribution in [1.29, 1.82) is 0 Å². The molecule has 2 aromatic rings. The third-order valence-electron chi connectivity index (χ3n) is 2.97. The molecule has 0 atom stereocenters. The maximum absolute atomic E-state index is 12.4. The van der Waals surface area contributed by atoms with Gasteiger partial charge in [0.1, 0.15) is 0 Å². The molecule has 2 heterocycles. The maximum atomic E-state index is 12.4. The Labute approximate surface area is 128 Å². The molecule has 108 valence electrons. The van der Waals surface area contributed by atoms with E-state index in [1.54, 1.807) is 41.6 Å². The van der Waals surface area contributed by atoms with Crippen molar-refractivity contribution in [1.82, 2.24) is 9.88 Å². The highest BCUT2D eigenvalue weighted by molar-refractivity contribution is 7.10. The minimum atomic E-state index is -0.0245. The summed E-state index contributed by atoms with van der Waals surface area (Å²) in [5.74, 6) is 5.79. The molecule has 21 heavy (non-hydrogen) atoms. The number of aromatic nitrogens is 1. The second-order valence-corrected chi connectivity index (χ2v) is 5.60. The van der Waals surface area contributed by atoms with Gasteiger partial charge in [0.25, 0.3) is 5.91 Å². The van der Waals surface area contributed by atoms with Crippen LogP contribution in [0.2, 0.25) is 0 Å². The highest BCUT2D eigenvalue weighted by Crippen LogP contribution is 2.17. The standard InChI is InChI=1S/C16H17N3OS/c1-12-15(6-4-8-18-12)16(20)19(2)10-14-9-13(11-21-14)5-3-7-17/h4,6,8-9,11H,7,10,17H2,1-2H3. The first-order valence-corrected chi connectivity index (χ1v) is 7.43. The second kappa shape index (κ2) is 7.02. The fourth-order valence-corrected chi connectivity index (χ4v) is 2.77. The van der Waals surface area contributed by atoms with Crippen LogP contribution in [0.1, 0.15) is 26.5 Å². The van der Waals surface area contributed by atoms with Crippen molar-refractivity contribution in [2.45, 2.75) is 13.5 Å². The number of nitrogens with zero attached hydrogens (tertiary/aromatic N) is 2. The first-order valence-electron chi connectivity index (χ1n) is 6.55. The number of thiophene rings is 1. The van der Waals surface area contributed by atoms with E-state index in [1.165, 1.54) is 0 Å². The van der Waals surface area contributed by atoms with Crippen molar-refractivity contribution in [2.75, 3.05) is 13.6 Å². The minimum absolute atomic E-state index is 0.0245. The molecule has 2 aromatic heterocycles. The van der Waals surface area contributed by atoms with Crippen LogP contribution in [0.25, 0.3) is 0 Å². The molecule has 0 bridgehead atoms. The van der Waals surface area contributed by atoms with Gasteiger partial charge >= 0.3 is 0 Å². The Morgan fingerprint density at radius 1 is 1.52 bits per heavy atom. The van der Waals surface area contributed by atoms with Gasteiger partial charge in [-0.05, 0) is 25.1 Å². The predicted molar refractivity (Wildman–Crippen MR) is 85.0 cm³/mol. The first kappa shape index (κ1) is 15.2. The molecule has 0 aromatic carbocycles. The van der Waals surface area contributed by atoms with Crippen LogP contribution in [0.15, 0.2) is 29.8 Å². The molecular weight excluding hydrogens is 282 g/mol. The Balaban J connectivity index is 2.07. The lowest BCUT2D eigenvalue weighted by Gasteiger charge is -2.17. The quantitative estimate of drug-likeness (QED) is 0.882. The number of rotatable bonds is 3. The highest BCUT2D eigenvalue weighted by atomic mass is 32.1. The number of nitrogens with two attached hydrogens (primary N) is 1. The van der Waals surface area contributed by atoms with Gasteiger partial charge in [-0.2, -0.15) is 0 Å². The van der Waals surface area contributed by atoms with Crippen molar-refractivity contribution in [3.63, 3.8) is 0 Å². The van der Waals surface area contributed by atoms with Gasteiger partial charge in [0.2, 0.25) is 0 Å². The smallest absolute Gasteiger partial charge is 0.255 e. The topological polar surface area (TPSA) is 59.2 Å². The molecule has 0 aliphatic carbocycles. The van der Waals surface area contributed by atoms with Crippen molar-refractivity contribution in [3.05, 3.63) is 51.5 Å². The van der Waals surface area contributed by atoms with E-state index in [4.69, 9.17) is 5.73 Å². The average Bonchev–Trinajstić information content (AvgIpc) is 2.92. The molecule has 4 nitrogen and oxygen atoms in total. The van der Waals surface area contributed by atoms with Crippen LogP contribution in [0.5, 0.6) is 0 Å². The van der Waals surface area contributed by atoms with Gasteiger partial charge in [0.05, 0.1) is 18.7 Å². The molecule has 1 amide bonds. The third-order valence-corrected chi connectivity index (χ3v) is 3.89. The molecule has 0 radical (unpaired) electrons. The number of aryl methyl sites for hydroxylation is 1. The number of carbonyl (C=O) groups is 1. The molecule has 0 unspecified atom stereocenters. The summed E-state index contributed by atoms with van der Waals surface area (Å²) in [4.78, 5) is 19.3. The van der Waals surface area contributed by atoms with E-state index >= 15 is 0 Å². The molecule has 0 saturated heterocycles. The van der Waals surface area contributed by atoms with Crippen molar-refractivity contribution >= 4 is 17.2 Å². The Bertz CT molecular complexity index is 697. The maximum Gasteiger partial charge on any atom is 0.255 e. The monoisotopic (exact) mass is 299 g/mol. The molecule has 0 aliphatic heterocycles. The molecule has 0 spiro atoms. The molecule has 0 fully saturated rings. The molecule has 5 heteroatoms. The zero-order valence-electron chi connectivity index (χ0n) is 12.1. The van der Waals surface area contributed by atoms with E-state index in [-0.39, 0.29) is 5.91 Å². The normalized spacial score (nSPS) is 9.86. The largest absolute Gasteiger partial charge is 0.337 e. The van der Waals surface area contributed by atoms with Crippen molar-refractivity contribution < 1.29 is 4.79 Å². The van der Waals surface area contributed by atoms with Crippen LogP contribution in [0.3, 0.4) is 0 Å². The Morgan fingerprint density at radius 3 is 3.05 bits per heavy atom. The average molecular weight is 299 g/mol. The van der Waals surface area contributed by atoms with Crippen LogP contribution >= 0.6 is 11.3 Å². The fraction of sp³-hybridized carbons (Fsp3) is 0.250. The van der Waals surface area contributed by atoms with Gasteiger partial charge in [-0.3, -0.25) is 9.78 Å². The zero-order valence-corrected chi connectivity index (χ0v) is 12.9. The number of hydrogen-bond donors (Lipinski definition) is 1. The van der Waals surface area contributed by atoms with Gasteiger partial charge in [0.15, 0.2) is 0 Å². The van der Waals surface area contributed by atoms with Gasteiger partial charge in [-0.15, -0.1) is 11.3 Å². The van der Waals surface area contributed by atoms with E-state index < -0.39 is 0 Å². The molecule has 2 rings (SSSR count). The zero-order chi connectivity index (χ0) is 15.2. The van der Waals surface area contributed by atoms with E-state index in [9.17, 15) is 4.79 Å². The van der Waals surface area contributed by atoms with Crippen molar-refractivity contribution in [2.24, 2.45) is 5.73 Å². The lowest BCUT2D eigenvalue weighted by molar-refractivity contribution is 0.0785. The summed E-state index contributed by atoms with van der Waals surface area (Å²) in [6.07, 6.45) is 1.69. The van der Waals surface area contributed by atoms with Crippen LogP contribution in [0, 0.1) is 18.8 Å². The summed E-state index contributed by atoms with van der Waals surface area (Å²) >= 11 is 1.59. The number of amides is 1. The molecule has 2 N–H and O–H groups in total. The van der Waals surface area contributed by atoms with E-state index in [2.05, 4.69) is 16.8 Å². The van der Waals surface area contributed by atoms with Crippen LogP contribution < -0.4 is 5.73 Å². The lowest BCUT2D eigenvalue weighted by atomic mass is 10.2. The molecule has 0 aliphatic rings.